The van der Waals surface area contributed by atoms with Crippen molar-refractivity contribution < 1.29 is 0 Å². The van der Waals surface area contributed by atoms with Crippen molar-refractivity contribution in [2.24, 2.45) is 0 Å². The highest BCUT2D eigenvalue weighted by molar-refractivity contribution is 6.07. The summed E-state index contributed by atoms with van der Waals surface area (Å²) in [5.74, 6) is 0. The smallest absolute Gasteiger partial charge is 0.138 e. The molecule has 0 spiro atoms. The fourth-order valence-electron chi connectivity index (χ4n) is 2.20. The van der Waals surface area contributed by atoms with Crippen LogP contribution in [0.5, 0.6) is 0 Å². The zero-order chi connectivity index (χ0) is 10.4. The summed E-state index contributed by atoms with van der Waals surface area (Å²) in [7, 11) is 0. The molecule has 0 saturated carbocycles. The van der Waals surface area contributed by atoms with E-state index in [2.05, 4.69) is 41.2 Å². The van der Waals surface area contributed by atoms with E-state index in [9.17, 15) is 0 Å². The number of nitrogens with one attached hydrogen (secondary N) is 1. The monoisotopic (exact) mass is 196 g/mol. The molecule has 0 saturated heterocycles. The van der Waals surface area contributed by atoms with Gasteiger partial charge < -0.3 is 4.98 Å². The number of aromatic nitrogens is 2. The summed E-state index contributed by atoms with van der Waals surface area (Å²) in [6.07, 6.45) is 0. The van der Waals surface area contributed by atoms with Gasteiger partial charge in [0.05, 0.1) is 0 Å². The van der Waals surface area contributed by atoms with Crippen molar-refractivity contribution in [1.29, 1.82) is 0 Å². The molecule has 0 atom stereocenters. The van der Waals surface area contributed by atoms with Crippen molar-refractivity contribution in [3.63, 3.8) is 0 Å². The van der Waals surface area contributed by atoms with Gasteiger partial charge in [-0.3, -0.25) is 0 Å². The molecule has 2 aromatic heterocycles. The minimum Gasteiger partial charge on any atom is -0.339 e. The third-order valence-electron chi connectivity index (χ3n) is 2.79. The summed E-state index contributed by atoms with van der Waals surface area (Å²) in [5, 5.41) is 2.51. The van der Waals surface area contributed by atoms with Gasteiger partial charge in [-0.15, -0.1) is 0 Å². The van der Waals surface area contributed by atoms with E-state index in [1.807, 2.05) is 13.0 Å². The lowest BCUT2D eigenvalue weighted by molar-refractivity contribution is 1.21. The Hall–Kier alpha value is -1.83. The van der Waals surface area contributed by atoms with Crippen LogP contribution >= 0.6 is 0 Å². The maximum Gasteiger partial charge on any atom is 0.138 e. The molecule has 0 aliphatic heterocycles. The molecule has 74 valence electrons. The van der Waals surface area contributed by atoms with Crippen LogP contribution in [0.3, 0.4) is 0 Å². The number of aromatic amines is 1. The molecule has 0 bridgehead atoms. The molecule has 1 N–H and O–H groups in total. The highest BCUT2D eigenvalue weighted by Gasteiger charge is 2.07. The van der Waals surface area contributed by atoms with Gasteiger partial charge in [-0.2, -0.15) is 0 Å². The summed E-state index contributed by atoms with van der Waals surface area (Å²) in [6, 6.07) is 10.5. The van der Waals surface area contributed by atoms with Gasteiger partial charge in [-0.25, -0.2) is 4.98 Å². The fourth-order valence-corrected chi connectivity index (χ4v) is 2.20. The van der Waals surface area contributed by atoms with E-state index in [0.29, 0.717) is 0 Å². The molecular formula is C13H12N2. The number of rotatable bonds is 0. The molecule has 2 heterocycles. The lowest BCUT2D eigenvalue weighted by Gasteiger charge is -1.98. The topological polar surface area (TPSA) is 28.7 Å². The predicted molar refractivity (Wildman–Crippen MR) is 63.1 cm³/mol. The summed E-state index contributed by atoms with van der Waals surface area (Å²) in [6.45, 7) is 4.16. The molecule has 2 nitrogen and oxygen atoms in total. The first kappa shape index (κ1) is 8.48. The normalized spacial score (nSPS) is 11.3. The third-order valence-corrected chi connectivity index (χ3v) is 2.79. The first-order valence-electron chi connectivity index (χ1n) is 5.10. The average molecular weight is 196 g/mol. The molecule has 15 heavy (non-hydrogen) atoms. The number of hydrogen-bond acceptors (Lipinski definition) is 1. The molecule has 0 unspecified atom stereocenters. The zero-order valence-electron chi connectivity index (χ0n) is 8.83. The maximum atomic E-state index is 4.52. The summed E-state index contributed by atoms with van der Waals surface area (Å²) in [5.41, 5.74) is 4.50. The molecule has 0 aliphatic rings. The molecule has 3 rings (SSSR count). The first-order valence-corrected chi connectivity index (χ1v) is 5.10. The number of H-pyrrole nitrogens is 1. The maximum absolute atomic E-state index is 4.52. The molecular weight excluding hydrogens is 184 g/mol. The van der Waals surface area contributed by atoms with E-state index in [4.69, 9.17) is 0 Å². The van der Waals surface area contributed by atoms with Crippen molar-refractivity contribution in [3.8, 4) is 0 Å². The molecule has 3 aromatic rings. The van der Waals surface area contributed by atoms with Crippen LogP contribution in [-0.2, 0) is 0 Å². The Labute approximate surface area is 88.0 Å². The van der Waals surface area contributed by atoms with Crippen molar-refractivity contribution in [3.05, 3.63) is 41.6 Å². The van der Waals surface area contributed by atoms with E-state index in [1.165, 1.54) is 16.3 Å². The Morgan fingerprint density at radius 3 is 2.80 bits per heavy atom. The number of aryl methyl sites for hydroxylation is 2. The van der Waals surface area contributed by atoms with E-state index < -0.39 is 0 Å². The average Bonchev–Trinajstić information content (AvgIpc) is 2.54. The van der Waals surface area contributed by atoms with Crippen LogP contribution in [0.2, 0.25) is 0 Å². The van der Waals surface area contributed by atoms with Crippen LogP contribution < -0.4 is 0 Å². The van der Waals surface area contributed by atoms with Crippen LogP contribution in [0.4, 0.5) is 0 Å². The van der Waals surface area contributed by atoms with Crippen LogP contribution in [0, 0.1) is 13.8 Å². The Morgan fingerprint density at radius 2 is 1.93 bits per heavy atom. The SMILES string of the molecule is Cc1cc(C)c2c(n1)[nH]c1ccccc12. The first-order chi connectivity index (χ1) is 7.25. The van der Waals surface area contributed by atoms with Gasteiger partial charge in [0, 0.05) is 22.0 Å². The standard InChI is InChI=1S/C13H12N2/c1-8-7-9(2)14-13-12(8)10-5-3-4-6-11(10)15-13/h3-7H,1-2H3,(H,14,15). The predicted octanol–water partition coefficient (Wildman–Crippen LogP) is 3.33. The van der Waals surface area contributed by atoms with E-state index >= 15 is 0 Å². The largest absolute Gasteiger partial charge is 0.339 e. The van der Waals surface area contributed by atoms with Crippen molar-refractivity contribution in [2.45, 2.75) is 13.8 Å². The van der Waals surface area contributed by atoms with Gasteiger partial charge in [0.15, 0.2) is 0 Å². The highest BCUT2D eigenvalue weighted by Crippen LogP contribution is 2.26. The van der Waals surface area contributed by atoms with E-state index in [-0.39, 0.29) is 0 Å². The Morgan fingerprint density at radius 1 is 1.13 bits per heavy atom. The molecule has 2 heteroatoms. The zero-order valence-corrected chi connectivity index (χ0v) is 8.83. The minimum absolute atomic E-state index is 0.994. The van der Waals surface area contributed by atoms with E-state index in [0.717, 1.165) is 16.9 Å². The molecule has 0 fully saturated rings. The quantitative estimate of drug-likeness (QED) is 0.587. The Balaban J connectivity index is 2.61. The lowest BCUT2D eigenvalue weighted by atomic mass is 10.1. The van der Waals surface area contributed by atoms with Crippen LogP contribution in [-0.4, -0.2) is 9.97 Å². The summed E-state index contributed by atoms with van der Waals surface area (Å²) in [4.78, 5) is 7.87. The van der Waals surface area contributed by atoms with Gasteiger partial charge in [-0.05, 0) is 31.5 Å². The molecule has 0 radical (unpaired) electrons. The summed E-state index contributed by atoms with van der Waals surface area (Å²) < 4.78 is 0. The van der Waals surface area contributed by atoms with Crippen molar-refractivity contribution in [1.82, 2.24) is 9.97 Å². The number of pyridine rings is 1. The van der Waals surface area contributed by atoms with Crippen LogP contribution in [0.15, 0.2) is 30.3 Å². The van der Waals surface area contributed by atoms with Gasteiger partial charge in [0.2, 0.25) is 0 Å². The summed E-state index contributed by atoms with van der Waals surface area (Å²) >= 11 is 0. The van der Waals surface area contributed by atoms with Crippen LogP contribution in [0.1, 0.15) is 11.3 Å². The molecule has 1 aromatic carbocycles. The molecule has 0 aliphatic carbocycles. The third kappa shape index (κ3) is 1.14. The van der Waals surface area contributed by atoms with Crippen molar-refractivity contribution >= 4 is 21.9 Å². The van der Waals surface area contributed by atoms with Crippen molar-refractivity contribution in [2.75, 3.05) is 0 Å². The second-order valence-corrected chi connectivity index (χ2v) is 3.97. The van der Waals surface area contributed by atoms with E-state index in [1.54, 1.807) is 0 Å². The highest BCUT2D eigenvalue weighted by atomic mass is 14.9. The van der Waals surface area contributed by atoms with Gasteiger partial charge in [0.1, 0.15) is 5.65 Å². The number of fused-ring (bicyclic) bond motifs is 3. The van der Waals surface area contributed by atoms with Gasteiger partial charge in [-0.1, -0.05) is 18.2 Å². The molecule has 0 amide bonds. The van der Waals surface area contributed by atoms with Gasteiger partial charge in [0.25, 0.3) is 0 Å². The lowest BCUT2D eigenvalue weighted by Crippen LogP contribution is -1.84. The number of para-hydroxylation sites is 1. The second kappa shape index (κ2) is 2.83. The minimum atomic E-state index is 0.994. The fraction of sp³-hybridized carbons (Fsp3) is 0.154. The number of nitrogens with zero attached hydrogens (tertiary/aromatic N) is 1. The number of benzene rings is 1. The van der Waals surface area contributed by atoms with Crippen LogP contribution in [0.25, 0.3) is 21.9 Å². The van der Waals surface area contributed by atoms with Gasteiger partial charge >= 0.3 is 0 Å². The second-order valence-electron chi connectivity index (χ2n) is 3.97. The Bertz CT molecular complexity index is 650. The Kier molecular flexibility index (Phi) is 1.60. The number of hydrogen-bond donors (Lipinski definition) is 1.